The van der Waals surface area contributed by atoms with E-state index in [-0.39, 0.29) is 23.1 Å². The fourth-order valence-electron chi connectivity index (χ4n) is 4.59. The molecule has 6 aromatic rings. The highest BCUT2D eigenvalue weighted by Crippen LogP contribution is 2.29. The van der Waals surface area contributed by atoms with Crippen molar-refractivity contribution in [2.75, 3.05) is 6.54 Å². The third-order valence-corrected chi connectivity index (χ3v) is 6.33. The van der Waals surface area contributed by atoms with Crippen LogP contribution in [-0.4, -0.2) is 33.2 Å². The average molecular weight is 459 g/mol. The van der Waals surface area contributed by atoms with E-state index in [1.54, 1.807) is 18.2 Å². The minimum absolute atomic E-state index is 0.223. The monoisotopic (exact) mass is 458 g/mol. The number of benzene rings is 3. The first-order chi connectivity index (χ1) is 17.2. The highest BCUT2D eigenvalue weighted by Gasteiger charge is 2.21. The molecule has 6 nitrogen and oxygen atoms in total. The van der Waals surface area contributed by atoms with Crippen molar-refractivity contribution in [3.05, 3.63) is 114 Å². The molecule has 6 rings (SSSR count). The Morgan fingerprint density at radius 2 is 1.51 bits per heavy atom. The van der Waals surface area contributed by atoms with Crippen molar-refractivity contribution in [3.63, 3.8) is 0 Å². The van der Waals surface area contributed by atoms with Crippen LogP contribution >= 0.6 is 0 Å². The van der Waals surface area contributed by atoms with Gasteiger partial charge in [0.05, 0.1) is 5.52 Å². The minimum atomic E-state index is -0.306. The number of H-pyrrole nitrogens is 2. The third-order valence-electron chi connectivity index (χ3n) is 6.33. The van der Waals surface area contributed by atoms with Crippen molar-refractivity contribution < 1.29 is 9.59 Å². The van der Waals surface area contributed by atoms with Gasteiger partial charge in [-0.2, -0.15) is 0 Å². The molecule has 0 bridgehead atoms. The van der Waals surface area contributed by atoms with E-state index in [0.717, 1.165) is 32.8 Å². The zero-order valence-electron chi connectivity index (χ0n) is 18.8. The molecule has 0 unspecified atom stereocenters. The Morgan fingerprint density at radius 1 is 0.800 bits per heavy atom. The Morgan fingerprint density at radius 3 is 2.34 bits per heavy atom. The van der Waals surface area contributed by atoms with Crippen molar-refractivity contribution >= 4 is 44.4 Å². The number of aromatic amines is 2. The van der Waals surface area contributed by atoms with Gasteiger partial charge >= 0.3 is 0 Å². The van der Waals surface area contributed by atoms with Crippen LogP contribution in [0, 0.1) is 0 Å². The van der Waals surface area contributed by atoms with Crippen LogP contribution in [0.1, 0.15) is 32.1 Å². The van der Waals surface area contributed by atoms with Gasteiger partial charge in [0, 0.05) is 45.5 Å². The maximum Gasteiger partial charge on any atom is 0.269 e. The minimum Gasteiger partial charge on any atom is -0.361 e. The summed E-state index contributed by atoms with van der Waals surface area (Å²) in [6.45, 7) is 0.455. The fraction of sp³-hybridized carbons (Fsp3) is 0.0690. The number of rotatable bonds is 6. The highest BCUT2D eigenvalue weighted by molar-refractivity contribution is 6.20. The van der Waals surface area contributed by atoms with Crippen molar-refractivity contribution in [1.82, 2.24) is 20.3 Å². The molecule has 0 radical (unpaired) electrons. The number of nitrogens with zero attached hydrogens (tertiary/aromatic N) is 1. The largest absolute Gasteiger partial charge is 0.361 e. The Balaban J connectivity index is 1.34. The molecule has 3 N–H and O–H groups in total. The van der Waals surface area contributed by atoms with Gasteiger partial charge in [-0.15, -0.1) is 0 Å². The van der Waals surface area contributed by atoms with Crippen LogP contribution in [0.2, 0.25) is 0 Å². The number of hydrogen-bond acceptors (Lipinski definition) is 3. The Kier molecular flexibility index (Phi) is 5.11. The number of pyridine rings is 1. The van der Waals surface area contributed by atoms with Crippen LogP contribution in [0.3, 0.4) is 0 Å². The number of nitrogens with one attached hydrogen (secondary N) is 3. The molecular weight excluding hydrogens is 436 g/mol. The highest BCUT2D eigenvalue weighted by atomic mass is 16.2. The summed E-state index contributed by atoms with van der Waals surface area (Å²) in [6, 6.07) is 26.7. The molecule has 0 spiro atoms. The average Bonchev–Trinajstić information content (AvgIpc) is 3.49. The molecule has 3 heterocycles. The summed E-state index contributed by atoms with van der Waals surface area (Å²) in [7, 11) is 0. The Labute approximate surface area is 201 Å². The molecule has 3 aromatic carbocycles. The third kappa shape index (κ3) is 3.75. The number of fused-ring (bicyclic) bond motifs is 4. The first-order valence-corrected chi connectivity index (χ1v) is 11.5. The molecule has 0 aliphatic heterocycles. The van der Waals surface area contributed by atoms with E-state index in [2.05, 4.69) is 26.3 Å². The van der Waals surface area contributed by atoms with E-state index in [1.165, 1.54) is 0 Å². The molecule has 0 aliphatic carbocycles. The molecule has 6 heteroatoms. The van der Waals surface area contributed by atoms with Crippen LogP contribution in [0.5, 0.6) is 0 Å². The predicted molar refractivity (Wildman–Crippen MR) is 138 cm³/mol. The summed E-state index contributed by atoms with van der Waals surface area (Å²) in [5.74, 6) is -0.533. The summed E-state index contributed by atoms with van der Waals surface area (Å²) >= 11 is 0. The standard InChI is InChI=1S/C29H22N4O2/c34-28(18-8-2-1-3-9-18)27-26-22(21-11-5-7-13-24(21)32-26)16-25(33-27)29(35)30-15-14-19-17-31-23-12-6-4-10-20(19)23/h1-13,16-17,31-32H,14-15H2,(H,30,35). The van der Waals surface area contributed by atoms with Crippen molar-refractivity contribution in [2.24, 2.45) is 0 Å². The van der Waals surface area contributed by atoms with E-state index in [1.807, 2.05) is 66.9 Å². The second kappa shape index (κ2) is 8.57. The lowest BCUT2D eigenvalue weighted by Crippen LogP contribution is -2.27. The molecule has 170 valence electrons. The van der Waals surface area contributed by atoms with Gasteiger partial charge in [0.25, 0.3) is 5.91 Å². The number of carbonyl (C=O) groups excluding carboxylic acids is 2. The molecule has 0 atom stereocenters. The molecule has 35 heavy (non-hydrogen) atoms. The zero-order valence-corrected chi connectivity index (χ0v) is 18.8. The van der Waals surface area contributed by atoms with E-state index in [0.29, 0.717) is 24.0 Å². The van der Waals surface area contributed by atoms with E-state index >= 15 is 0 Å². The van der Waals surface area contributed by atoms with Gasteiger partial charge in [-0.3, -0.25) is 9.59 Å². The molecule has 0 fully saturated rings. The van der Waals surface area contributed by atoms with Gasteiger partial charge in [0.1, 0.15) is 11.4 Å². The van der Waals surface area contributed by atoms with Crippen LogP contribution in [0.4, 0.5) is 0 Å². The van der Waals surface area contributed by atoms with Gasteiger partial charge in [-0.1, -0.05) is 66.7 Å². The summed E-state index contributed by atoms with van der Waals surface area (Å²) < 4.78 is 0. The van der Waals surface area contributed by atoms with Crippen LogP contribution < -0.4 is 5.32 Å². The first kappa shape index (κ1) is 20.9. The van der Waals surface area contributed by atoms with Gasteiger partial charge in [0.2, 0.25) is 5.78 Å². The van der Waals surface area contributed by atoms with Crippen LogP contribution in [0.25, 0.3) is 32.7 Å². The lowest BCUT2D eigenvalue weighted by Gasteiger charge is -2.08. The molecule has 0 aliphatic rings. The summed E-state index contributed by atoms with van der Waals surface area (Å²) in [4.78, 5) is 37.7. The summed E-state index contributed by atoms with van der Waals surface area (Å²) in [6.07, 6.45) is 2.66. The zero-order chi connectivity index (χ0) is 23.8. The number of amides is 1. The van der Waals surface area contributed by atoms with Crippen molar-refractivity contribution in [2.45, 2.75) is 6.42 Å². The number of carbonyl (C=O) groups is 2. The topological polar surface area (TPSA) is 90.6 Å². The van der Waals surface area contributed by atoms with Crippen molar-refractivity contribution in [1.29, 1.82) is 0 Å². The van der Waals surface area contributed by atoms with Crippen molar-refractivity contribution in [3.8, 4) is 0 Å². The van der Waals surface area contributed by atoms with E-state index in [4.69, 9.17) is 0 Å². The molecular formula is C29H22N4O2. The van der Waals surface area contributed by atoms with Gasteiger partial charge in [-0.05, 0) is 30.2 Å². The maximum atomic E-state index is 13.4. The van der Waals surface area contributed by atoms with Crippen LogP contribution in [-0.2, 0) is 6.42 Å². The maximum absolute atomic E-state index is 13.4. The Bertz CT molecular complexity index is 1710. The SMILES string of the molecule is O=C(NCCc1c[nH]c2ccccc12)c1cc2c([nH]c3ccccc32)c(C(=O)c2ccccc2)n1. The second-order valence-corrected chi connectivity index (χ2v) is 8.51. The Hall–Kier alpha value is -4.71. The normalized spacial score (nSPS) is 11.3. The summed E-state index contributed by atoms with van der Waals surface area (Å²) in [5.41, 5.74) is 4.73. The molecule has 3 aromatic heterocycles. The predicted octanol–water partition coefficient (Wildman–Crippen LogP) is 5.40. The quantitative estimate of drug-likeness (QED) is 0.292. The fourth-order valence-corrected chi connectivity index (χ4v) is 4.59. The van der Waals surface area contributed by atoms with Gasteiger partial charge in [0.15, 0.2) is 0 Å². The lowest BCUT2D eigenvalue weighted by atomic mass is 10.0. The summed E-state index contributed by atoms with van der Waals surface area (Å²) in [5, 5.41) is 5.87. The molecule has 1 amide bonds. The molecule has 0 saturated carbocycles. The lowest BCUT2D eigenvalue weighted by molar-refractivity contribution is 0.0949. The number of para-hydroxylation sites is 2. The first-order valence-electron chi connectivity index (χ1n) is 11.5. The van der Waals surface area contributed by atoms with Gasteiger partial charge < -0.3 is 15.3 Å². The smallest absolute Gasteiger partial charge is 0.269 e. The van der Waals surface area contributed by atoms with E-state index in [9.17, 15) is 9.59 Å². The van der Waals surface area contributed by atoms with Crippen LogP contribution in [0.15, 0.2) is 91.1 Å². The number of hydrogen-bond donors (Lipinski definition) is 3. The van der Waals surface area contributed by atoms with E-state index < -0.39 is 0 Å². The number of ketones is 1. The number of aromatic nitrogens is 3. The van der Waals surface area contributed by atoms with Gasteiger partial charge in [-0.25, -0.2) is 4.98 Å². The molecule has 0 saturated heterocycles. The second-order valence-electron chi connectivity index (χ2n) is 8.51.